The van der Waals surface area contributed by atoms with Gasteiger partial charge in [-0.25, -0.2) is 4.79 Å². The minimum atomic E-state index is -0.280. The molecule has 1 amide bonds. The van der Waals surface area contributed by atoms with Gasteiger partial charge in [-0.15, -0.1) is 0 Å². The lowest BCUT2D eigenvalue weighted by Gasteiger charge is -2.58. The molecule has 4 aliphatic carbocycles. The van der Waals surface area contributed by atoms with E-state index in [1.54, 1.807) is 0 Å². The van der Waals surface area contributed by atoms with Gasteiger partial charge in [-0.3, -0.25) is 0 Å². The normalized spacial score (nSPS) is 37.6. The fraction of sp³-hybridized carbons (Fsp3) is 0.632. The van der Waals surface area contributed by atoms with Crippen molar-refractivity contribution in [1.82, 2.24) is 5.32 Å². The van der Waals surface area contributed by atoms with E-state index in [0.29, 0.717) is 18.4 Å². The fourth-order valence-electron chi connectivity index (χ4n) is 5.28. The Balaban J connectivity index is 1.35. The molecule has 0 heterocycles. The average Bonchev–Trinajstić information content (AvgIpc) is 2.57. The van der Waals surface area contributed by atoms with Gasteiger partial charge in [-0.1, -0.05) is 30.3 Å². The molecule has 23 heavy (non-hydrogen) atoms. The van der Waals surface area contributed by atoms with Gasteiger partial charge in [0.2, 0.25) is 0 Å². The largest absolute Gasteiger partial charge is 0.446 e. The Bertz CT molecular complexity index is 557. The fourth-order valence-corrected chi connectivity index (χ4v) is 5.28. The van der Waals surface area contributed by atoms with E-state index in [0.717, 1.165) is 24.3 Å². The van der Waals surface area contributed by atoms with Crippen LogP contribution in [-0.4, -0.2) is 24.9 Å². The summed E-state index contributed by atoms with van der Waals surface area (Å²) in [5.41, 5.74) is 1.16. The maximum atomic E-state index is 12.2. The molecule has 0 saturated heterocycles. The lowest BCUT2D eigenvalue weighted by Crippen LogP contribution is -2.58. The van der Waals surface area contributed by atoms with Crippen molar-refractivity contribution in [1.29, 1.82) is 0 Å². The van der Waals surface area contributed by atoms with Crippen LogP contribution in [0.15, 0.2) is 30.3 Å². The van der Waals surface area contributed by atoms with Crippen molar-refractivity contribution in [2.45, 2.75) is 50.4 Å². The molecule has 4 bridgehead atoms. The molecule has 124 valence electrons. The molecule has 5 rings (SSSR count). The number of carbonyl (C=O) groups is 1. The van der Waals surface area contributed by atoms with Gasteiger partial charge >= 0.3 is 6.09 Å². The van der Waals surface area contributed by atoms with Crippen LogP contribution in [0.4, 0.5) is 4.79 Å². The molecule has 1 aromatic rings. The molecule has 4 aliphatic rings. The van der Waals surface area contributed by atoms with E-state index in [9.17, 15) is 4.79 Å². The van der Waals surface area contributed by atoms with Gasteiger partial charge in [0.05, 0.1) is 5.60 Å². The lowest BCUT2D eigenvalue weighted by molar-refractivity contribution is -0.188. The zero-order valence-corrected chi connectivity index (χ0v) is 13.7. The highest BCUT2D eigenvalue weighted by molar-refractivity contribution is 5.67. The number of methoxy groups -OCH3 is 1. The Labute approximate surface area is 137 Å². The Morgan fingerprint density at radius 3 is 2.52 bits per heavy atom. The Morgan fingerprint density at radius 2 is 1.87 bits per heavy atom. The molecular formula is C19H25NO3. The highest BCUT2D eigenvalue weighted by atomic mass is 16.6. The molecule has 0 spiro atoms. The zero-order valence-electron chi connectivity index (χ0n) is 13.7. The van der Waals surface area contributed by atoms with Crippen LogP contribution in [0.2, 0.25) is 0 Å². The molecule has 4 heteroatoms. The Hall–Kier alpha value is -1.55. The van der Waals surface area contributed by atoms with Crippen LogP contribution in [0, 0.1) is 17.8 Å². The van der Waals surface area contributed by atoms with Crippen LogP contribution in [0.5, 0.6) is 0 Å². The van der Waals surface area contributed by atoms with Crippen molar-refractivity contribution in [2.75, 3.05) is 7.11 Å². The number of benzene rings is 1. The minimum Gasteiger partial charge on any atom is -0.446 e. The van der Waals surface area contributed by atoms with Gasteiger partial charge < -0.3 is 14.8 Å². The van der Waals surface area contributed by atoms with Gasteiger partial charge in [0.25, 0.3) is 0 Å². The van der Waals surface area contributed by atoms with Gasteiger partial charge in [-0.2, -0.15) is 0 Å². The second kappa shape index (κ2) is 5.82. The van der Waals surface area contributed by atoms with Crippen molar-refractivity contribution >= 4 is 6.09 Å². The SMILES string of the molecule is COC12CC3CC(C1)C(OC(=O)NCc1ccccc1)C(C3)C2. The Kier molecular flexibility index (Phi) is 3.80. The van der Waals surface area contributed by atoms with Crippen molar-refractivity contribution < 1.29 is 14.3 Å². The number of nitrogens with one attached hydrogen (secondary N) is 1. The van der Waals surface area contributed by atoms with Crippen molar-refractivity contribution in [3.05, 3.63) is 35.9 Å². The summed E-state index contributed by atoms with van der Waals surface area (Å²) in [6, 6.07) is 9.94. The average molecular weight is 315 g/mol. The summed E-state index contributed by atoms with van der Waals surface area (Å²) in [7, 11) is 1.84. The highest BCUT2D eigenvalue weighted by Crippen LogP contribution is 2.57. The predicted molar refractivity (Wildman–Crippen MR) is 86.8 cm³/mol. The summed E-state index contributed by atoms with van der Waals surface area (Å²) in [4.78, 5) is 12.2. The number of carbonyl (C=O) groups excluding carboxylic acids is 1. The number of hydrogen-bond donors (Lipinski definition) is 1. The maximum Gasteiger partial charge on any atom is 0.407 e. The topological polar surface area (TPSA) is 47.6 Å². The van der Waals surface area contributed by atoms with Crippen LogP contribution in [-0.2, 0) is 16.0 Å². The predicted octanol–water partition coefficient (Wildman–Crippen LogP) is 3.51. The molecule has 4 nitrogen and oxygen atoms in total. The summed E-state index contributed by atoms with van der Waals surface area (Å²) >= 11 is 0. The lowest BCUT2D eigenvalue weighted by atomic mass is 9.53. The van der Waals surface area contributed by atoms with Gasteiger partial charge in [0, 0.05) is 13.7 Å². The third-order valence-electron chi connectivity index (χ3n) is 6.09. The van der Waals surface area contributed by atoms with E-state index in [4.69, 9.17) is 9.47 Å². The van der Waals surface area contributed by atoms with Gasteiger partial charge in [0.15, 0.2) is 0 Å². The monoisotopic (exact) mass is 315 g/mol. The number of ether oxygens (including phenoxy) is 2. The van der Waals surface area contributed by atoms with Crippen LogP contribution < -0.4 is 5.32 Å². The van der Waals surface area contributed by atoms with Crippen molar-refractivity contribution in [2.24, 2.45) is 17.8 Å². The summed E-state index contributed by atoms with van der Waals surface area (Å²) in [6.45, 7) is 0.520. The van der Waals surface area contributed by atoms with E-state index in [-0.39, 0.29) is 17.8 Å². The quantitative estimate of drug-likeness (QED) is 0.925. The highest BCUT2D eigenvalue weighted by Gasteiger charge is 2.57. The van der Waals surface area contributed by atoms with E-state index in [2.05, 4.69) is 5.32 Å². The molecular weight excluding hydrogens is 290 g/mol. The summed E-state index contributed by atoms with van der Waals surface area (Å²) in [5, 5.41) is 2.89. The second-order valence-electron chi connectivity index (χ2n) is 7.57. The maximum absolute atomic E-state index is 12.2. The van der Waals surface area contributed by atoms with Crippen LogP contribution >= 0.6 is 0 Å². The first-order valence-electron chi connectivity index (χ1n) is 8.71. The first-order chi connectivity index (χ1) is 11.2. The standard InChI is InChI=1S/C19H25NO3/c1-22-19-9-14-7-15(10-19)17(16(8-14)11-19)23-18(21)20-12-13-5-3-2-4-6-13/h2-6,14-17H,7-12H2,1H3,(H,20,21). The van der Waals surface area contributed by atoms with E-state index >= 15 is 0 Å². The molecule has 0 aromatic heterocycles. The second-order valence-corrected chi connectivity index (χ2v) is 7.57. The van der Waals surface area contributed by atoms with Crippen molar-refractivity contribution in [3.8, 4) is 0 Å². The number of amides is 1. The molecule has 0 aliphatic heterocycles. The first-order valence-corrected chi connectivity index (χ1v) is 8.71. The van der Waals surface area contributed by atoms with Crippen LogP contribution in [0.25, 0.3) is 0 Å². The third-order valence-corrected chi connectivity index (χ3v) is 6.09. The number of rotatable bonds is 4. The summed E-state index contributed by atoms with van der Waals surface area (Å²) < 4.78 is 11.7. The number of alkyl carbamates (subject to hydrolysis) is 1. The third kappa shape index (κ3) is 2.85. The smallest absolute Gasteiger partial charge is 0.407 e. The van der Waals surface area contributed by atoms with E-state index in [1.165, 1.54) is 19.3 Å². The zero-order chi connectivity index (χ0) is 15.9. The Morgan fingerprint density at radius 1 is 1.17 bits per heavy atom. The molecule has 0 radical (unpaired) electrons. The van der Waals surface area contributed by atoms with Crippen LogP contribution in [0.1, 0.15) is 37.7 Å². The van der Waals surface area contributed by atoms with Crippen LogP contribution in [0.3, 0.4) is 0 Å². The summed E-state index contributed by atoms with van der Waals surface area (Å²) in [5.74, 6) is 1.71. The van der Waals surface area contributed by atoms with Crippen molar-refractivity contribution in [3.63, 3.8) is 0 Å². The minimum absolute atomic E-state index is 0.0663. The molecule has 1 aromatic carbocycles. The van der Waals surface area contributed by atoms with Gasteiger partial charge in [-0.05, 0) is 55.4 Å². The van der Waals surface area contributed by atoms with Gasteiger partial charge in [0.1, 0.15) is 6.10 Å². The molecule has 4 fully saturated rings. The van der Waals surface area contributed by atoms with E-state index in [1.807, 2.05) is 37.4 Å². The summed E-state index contributed by atoms with van der Waals surface area (Å²) in [6.07, 6.45) is 5.48. The molecule has 1 N–H and O–H groups in total. The first kappa shape index (κ1) is 15.0. The number of hydrogen-bond acceptors (Lipinski definition) is 3. The van der Waals surface area contributed by atoms with E-state index < -0.39 is 0 Å². The molecule has 4 saturated carbocycles. The molecule has 2 atom stereocenters. The molecule has 2 unspecified atom stereocenters.